The summed E-state index contributed by atoms with van der Waals surface area (Å²) in [6.45, 7) is 4.49. The lowest BCUT2D eigenvalue weighted by atomic mass is 10.0. The molecule has 1 aromatic carbocycles. The first-order valence-electron chi connectivity index (χ1n) is 7.56. The van der Waals surface area contributed by atoms with Gasteiger partial charge in [-0.1, -0.05) is 81.9 Å². The van der Waals surface area contributed by atoms with E-state index in [9.17, 15) is 0 Å². The SMILES string of the molecule is CCCCCCCCCC=C(C)c1ccccc1. The van der Waals surface area contributed by atoms with Crippen LogP contribution in [0.1, 0.15) is 70.8 Å². The van der Waals surface area contributed by atoms with Gasteiger partial charge in [0, 0.05) is 0 Å². The molecule has 0 aliphatic rings. The molecule has 1 rings (SSSR count). The summed E-state index contributed by atoms with van der Waals surface area (Å²) in [5.74, 6) is 0. The minimum absolute atomic E-state index is 1.23. The number of unbranched alkanes of at least 4 members (excludes halogenated alkanes) is 7. The van der Waals surface area contributed by atoms with Crippen molar-refractivity contribution in [3.05, 3.63) is 42.0 Å². The Bertz CT molecular complexity index is 321. The smallest absolute Gasteiger partial charge is 0.0231 e. The summed E-state index contributed by atoms with van der Waals surface area (Å²) in [6, 6.07) is 10.7. The zero-order chi connectivity index (χ0) is 13.1. The molecule has 18 heavy (non-hydrogen) atoms. The lowest BCUT2D eigenvalue weighted by Gasteiger charge is -2.02. The standard InChI is InChI=1S/C18H28/c1-3-4-5-6-7-8-9-11-14-17(2)18-15-12-10-13-16-18/h10,12-16H,3-9,11H2,1-2H3. The molecule has 0 atom stereocenters. The van der Waals surface area contributed by atoms with Crippen molar-refractivity contribution in [2.45, 2.75) is 65.2 Å². The Hall–Kier alpha value is -1.04. The van der Waals surface area contributed by atoms with E-state index in [2.05, 4.69) is 50.3 Å². The summed E-state index contributed by atoms with van der Waals surface area (Å²) < 4.78 is 0. The molecule has 0 aliphatic carbocycles. The van der Waals surface area contributed by atoms with Crippen LogP contribution in [0, 0.1) is 0 Å². The Balaban J connectivity index is 2.10. The first kappa shape index (κ1) is 15.0. The van der Waals surface area contributed by atoms with Gasteiger partial charge in [-0.2, -0.15) is 0 Å². The monoisotopic (exact) mass is 244 g/mol. The van der Waals surface area contributed by atoms with Gasteiger partial charge >= 0.3 is 0 Å². The van der Waals surface area contributed by atoms with E-state index in [-0.39, 0.29) is 0 Å². The number of benzene rings is 1. The van der Waals surface area contributed by atoms with E-state index >= 15 is 0 Å². The number of rotatable bonds is 9. The van der Waals surface area contributed by atoms with E-state index in [4.69, 9.17) is 0 Å². The lowest BCUT2D eigenvalue weighted by Crippen LogP contribution is -1.81. The first-order valence-corrected chi connectivity index (χ1v) is 7.56. The Morgan fingerprint density at radius 2 is 1.50 bits per heavy atom. The normalized spacial score (nSPS) is 11.8. The predicted molar refractivity (Wildman–Crippen MR) is 82.7 cm³/mol. The molecule has 0 heterocycles. The van der Waals surface area contributed by atoms with Crippen molar-refractivity contribution in [2.75, 3.05) is 0 Å². The van der Waals surface area contributed by atoms with Gasteiger partial charge in [0.1, 0.15) is 0 Å². The van der Waals surface area contributed by atoms with Crippen LogP contribution in [-0.4, -0.2) is 0 Å². The molecule has 0 saturated carbocycles. The Morgan fingerprint density at radius 3 is 2.17 bits per heavy atom. The number of hydrogen-bond acceptors (Lipinski definition) is 0. The van der Waals surface area contributed by atoms with Gasteiger partial charge < -0.3 is 0 Å². The second kappa shape index (κ2) is 9.94. The third-order valence-electron chi connectivity index (χ3n) is 3.49. The quantitative estimate of drug-likeness (QED) is 0.452. The average molecular weight is 244 g/mol. The van der Waals surface area contributed by atoms with Gasteiger partial charge in [-0.25, -0.2) is 0 Å². The van der Waals surface area contributed by atoms with Crippen molar-refractivity contribution in [3.8, 4) is 0 Å². The van der Waals surface area contributed by atoms with Gasteiger partial charge in [0.15, 0.2) is 0 Å². The van der Waals surface area contributed by atoms with Crippen molar-refractivity contribution in [3.63, 3.8) is 0 Å². The van der Waals surface area contributed by atoms with Crippen molar-refractivity contribution < 1.29 is 0 Å². The summed E-state index contributed by atoms with van der Waals surface area (Å²) in [4.78, 5) is 0. The predicted octanol–water partition coefficient (Wildman–Crippen LogP) is 6.23. The highest BCUT2D eigenvalue weighted by atomic mass is 14.0. The van der Waals surface area contributed by atoms with Gasteiger partial charge in [0.2, 0.25) is 0 Å². The molecule has 0 saturated heterocycles. The Labute approximate surface area is 113 Å². The largest absolute Gasteiger partial charge is 0.0810 e. The van der Waals surface area contributed by atoms with Crippen LogP contribution in [0.3, 0.4) is 0 Å². The van der Waals surface area contributed by atoms with Gasteiger partial charge in [-0.05, 0) is 30.9 Å². The summed E-state index contributed by atoms with van der Waals surface area (Å²) in [7, 11) is 0. The zero-order valence-corrected chi connectivity index (χ0v) is 12.1. The third kappa shape index (κ3) is 6.64. The molecule has 0 N–H and O–H groups in total. The van der Waals surface area contributed by atoms with E-state index in [1.165, 1.54) is 62.5 Å². The summed E-state index contributed by atoms with van der Waals surface area (Å²) in [5, 5.41) is 0. The highest BCUT2D eigenvalue weighted by molar-refractivity contribution is 5.63. The first-order chi connectivity index (χ1) is 8.84. The van der Waals surface area contributed by atoms with E-state index in [1.807, 2.05) is 0 Å². The van der Waals surface area contributed by atoms with Crippen LogP contribution in [0.4, 0.5) is 0 Å². The van der Waals surface area contributed by atoms with Crippen LogP contribution in [0.5, 0.6) is 0 Å². The van der Waals surface area contributed by atoms with Crippen LogP contribution in [0.2, 0.25) is 0 Å². The zero-order valence-electron chi connectivity index (χ0n) is 12.1. The van der Waals surface area contributed by atoms with Gasteiger partial charge in [0.25, 0.3) is 0 Å². The second-order valence-electron chi connectivity index (χ2n) is 5.16. The number of hydrogen-bond donors (Lipinski definition) is 0. The van der Waals surface area contributed by atoms with Crippen molar-refractivity contribution >= 4 is 5.57 Å². The molecule has 0 radical (unpaired) electrons. The van der Waals surface area contributed by atoms with Crippen molar-refractivity contribution in [2.24, 2.45) is 0 Å². The molecule has 0 unspecified atom stereocenters. The molecular weight excluding hydrogens is 216 g/mol. The van der Waals surface area contributed by atoms with Crippen LogP contribution < -0.4 is 0 Å². The maximum atomic E-state index is 2.39. The average Bonchev–Trinajstić information content (AvgIpc) is 2.42. The Morgan fingerprint density at radius 1 is 0.889 bits per heavy atom. The molecule has 0 aromatic heterocycles. The highest BCUT2D eigenvalue weighted by Crippen LogP contribution is 2.15. The van der Waals surface area contributed by atoms with Crippen LogP contribution in [0.15, 0.2) is 36.4 Å². The molecule has 0 fully saturated rings. The molecule has 0 aliphatic heterocycles. The molecule has 0 nitrogen and oxygen atoms in total. The van der Waals surface area contributed by atoms with Crippen LogP contribution in [0.25, 0.3) is 5.57 Å². The molecule has 0 amide bonds. The summed E-state index contributed by atoms with van der Waals surface area (Å²) in [5.41, 5.74) is 2.78. The van der Waals surface area contributed by atoms with Crippen molar-refractivity contribution in [1.82, 2.24) is 0 Å². The molecular formula is C18H28. The molecule has 1 aromatic rings. The Kier molecular flexibility index (Phi) is 8.29. The van der Waals surface area contributed by atoms with Gasteiger partial charge in [-0.15, -0.1) is 0 Å². The van der Waals surface area contributed by atoms with Gasteiger partial charge in [0.05, 0.1) is 0 Å². The fraction of sp³-hybridized carbons (Fsp3) is 0.556. The molecule has 0 bridgehead atoms. The highest BCUT2D eigenvalue weighted by Gasteiger charge is 1.94. The van der Waals surface area contributed by atoms with E-state index < -0.39 is 0 Å². The molecule has 100 valence electrons. The molecule has 0 heteroatoms. The summed E-state index contributed by atoms with van der Waals surface area (Å²) in [6.07, 6.45) is 13.4. The maximum absolute atomic E-state index is 2.39. The maximum Gasteiger partial charge on any atom is -0.0231 e. The third-order valence-corrected chi connectivity index (χ3v) is 3.49. The van der Waals surface area contributed by atoms with E-state index in [1.54, 1.807) is 0 Å². The van der Waals surface area contributed by atoms with Gasteiger partial charge in [-0.3, -0.25) is 0 Å². The minimum atomic E-state index is 1.23. The number of allylic oxidation sites excluding steroid dienone is 2. The van der Waals surface area contributed by atoms with E-state index in [0.717, 1.165) is 0 Å². The van der Waals surface area contributed by atoms with Crippen LogP contribution in [-0.2, 0) is 0 Å². The second-order valence-corrected chi connectivity index (χ2v) is 5.16. The fourth-order valence-electron chi connectivity index (χ4n) is 2.24. The topological polar surface area (TPSA) is 0 Å². The summed E-state index contributed by atoms with van der Waals surface area (Å²) >= 11 is 0. The van der Waals surface area contributed by atoms with Crippen molar-refractivity contribution in [1.29, 1.82) is 0 Å². The lowest BCUT2D eigenvalue weighted by molar-refractivity contribution is 0.592. The van der Waals surface area contributed by atoms with Crippen LogP contribution >= 0.6 is 0 Å². The van der Waals surface area contributed by atoms with E-state index in [0.29, 0.717) is 0 Å². The fourth-order valence-corrected chi connectivity index (χ4v) is 2.24. The minimum Gasteiger partial charge on any atom is -0.0810 e. The molecule has 0 spiro atoms.